The number of aromatic nitrogens is 1. The zero-order valence-corrected chi connectivity index (χ0v) is 16.6. The van der Waals surface area contributed by atoms with Crippen molar-refractivity contribution in [3.63, 3.8) is 0 Å². The van der Waals surface area contributed by atoms with Crippen LogP contribution in [0.2, 0.25) is 0 Å². The van der Waals surface area contributed by atoms with Crippen molar-refractivity contribution in [2.45, 2.75) is 25.3 Å². The molecular weight excluding hydrogens is 364 g/mol. The van der Waals surface area contributed by atoms with Crippen LogP contribution in [0.25, 0.3) is 6.08 Å². The van der Waals surface area contributed by atoms with Crippen LogP contribution in [0.5, 0.6) is 0 Å². The minimum Gasteiger partial charge on any atom is -0.356 e. The predicted molar refractivity (Wildman–Crippen MR) is 114 cm³/mol. The Bertz CT molecular complexity index is 808. The molecule has 1 unspecified atom stereocenters. The Hall–Kier alpha value is -2.99. The average molecular weight is 393 g/mol. The number of hydrogen-bond acceptors (Lipinski definition) is 4. The molecule has 0 bridgehead atoms. The van der Waals surface area contributed by atoms with E-state index in [4.69, 9.17) is 0 Å². The van der Waals surface area contributed by atoms with E-state index < -0.39 is 6.04 Å². The fraction of sp³-hybridized carbons (Fsp3) is 0.348. The van der Waals surface area contributed by atoms with Gasteiger partial charge in [-0.15, -0.1) is 0 Å². The Kier molecular flexibility index (Phi) is 7.95. The third-order valence-electron chi connectivity index (χ3n) is 4.96. The van der Waals surface area contributed by atoms with Crippen molar-refractivity contribution < 1.29 is 9.59 Å². The maximum atomic E-state index is 12.4. The molecular formula is C23H28N4O2. The molecule has 6 nitrogen and oxygen atoms in total. The summed E-state index contributed by atoms with van der Waals surface area (Å²) in [5.41, 5.74) is 2.28. The van der Waals surface area contributed by atoms with Crippen LogP contribution in [0.15, 0.2) is 60.9 Å². The van der Waals surface area contributed by atoms with Gasteiger partial charge in [0.15, 0.2) is 0 Å². The van der Waals surface area contributed by atoms with Crippen molar-refractivity contribution in [3.8, 4) is 0 Å². The highest BCUT2D eigenvalue weighted by atomic mass is 16.2. The number of nitrogens with one attached hydrogen (secondary N) is 2. The molecule has 2 heterocycles. The highest BCUT2D eigenvalue weighted by molar-refractivity contribution is 5.88. The van der Waals surface area contributed by atoms with Gasteiger partial charge in [-0.1, -0.05) is 48.6 Å². The van der Waals surface area contributed by atoms with Crippen LogP contribution in [0, 0.1) is 0 Å². The number of amides is 2. The molecule has 1 fully saturated rings. The summed E-state index contributed by atoms with van der Waals surface area (Å²) < 4.78 is 0. The van der Waals surface area contributed by atoms with Crippen LogP contribution in [0.4, 0.5) is 0 Å². The second-order valence-electron chi connectivity index (χ2n) is 7.13. The summed E-state index contributed by atoms with van der Waals surface area (Å²) in [5, 5.41) is 5.81. The van der Waals surface area contributed by atoms with Gasteiger partial charge in [0.2, 0.25) is 11.8 Å². The summed E-state index contributed by atoms with van der Waals surface area (Å²) in [5.74, 6) is -0.162. The van der Waals surface area contributed by atoms with Gasteiger partial charge in [-0.3, -0.25) is 19.5 Å². The van der Waals surface area contributed by atoms with E-state index in [1.165, 1.54) is 0 Å². The molecule has 2 aromatic rings. The second kappa shape index (κ2) is 11.1. The van der Waals surface area contributed by atoms with E-state index in [1.54, 1.807) is 6.20 Å². The maximum Gasteiger partial charge on any atom is 0.237 e. The standard InChI is InChI=1S/C23H28N4O2/c28-22(25-13-5-10-20-9-4-12-24-18-20)17-21-23(29)26-14-16-27(21)15-6-11-19-7-2-1-3-8-19/h1-4,6-9,11-12,18,21H,5,10,13-17H2,(H,25,28)(H,26,29)/b11-6+. The molecule has 0 spiro atoms. The second-order valence-corrected chi connectivity index (χ2v) is 7.13. The van der Waals surface area contributed by atoms with Gasteiger partial charge in [0.1, 0.15) is 0 Å². The van der Waals surface area contributed by atoms with Crippen LogP contribution in [0.1, 0.15) is 24.0 Å². The van der Waals surface area contributed by atoms with Crippen molar-refractivity contribution in [1.29, 1.82) is 0 Å². The first-order valence-corrected chi connectivity index (χ1v) is 10.1. The molecule has 0 radical (unpaired) electrons. The summed E-state index contributed by atoms with van der Waals surface area (Å²) in [6, 6.07) is 13.6. The summed E-state index contributed by atoms with van der Waals surface area (Å²) >= 11 is 0. The summed E-state index contributed by atoms with van der Waals surface area (Å²) in [6.45, 7) is 2.59. The zero-order valence-electron chi connectivity index (χ0n) is 16.6. The lowest BCUT2D eigenvalue weighted by atomic mass is 10.1. The third-order valence-corrected chi connectivity index (χ3v) is 4.96. The highest BCUT2D eigenvalue weighted by Gasteiger charge is 2.30. The van der Waals surface area contributed by atoms with Gasteiger partial charge in [-0.2, -0.15) is 0 Å². The Morgan fingerprint density at radius 1 is 1.24 bits per heavy atom. The van der Waals surface area contributed by atoms with Crippen LogP contribution in [-0.2, 0) is 16.0 Å². The van der Waals surface area contributed by atoms with E-state index >= 15 is 0 Å². The molecule has 1 atom stereocenters. The molecule has 29 heavy (non-hydrogen) atoms. The van der Waals surface area contributed by atoms with Crippen LogP contribution < -0.4 is 10.6 Å². The Balaban J connectivity index is 1.45. The highest BCUT2D eigenvalue weighted by Crippen LogP contribution is 2.10. The number of rotatable bonds is 9. The molecule has 0 saturated carbocycles. The topological polar surface area (TPSA) is 74.3 Å². The number of hydrogen-bond donors (Lipinski definition) is 2. The average Bonchev–Trinajstić information content (AvgIpc) is 2.75. The number of aryl methyl sites for hydroxylation is 1. The molecule has 2 amide bonds. The largest absolute Gasteiger partial charge is 0.356 e. The molecule has 2 N–H and O–H groups in total. The van der Waals surface area contributed by atoms with Crippen LogP contribution in [0.3, 0.4) is 0 Å². The van der Waals surface area contributed by atoms with Crippen molar-refractivity contribution in [3.05, 3.63) is 72.1 Å². The van der Waals surface area contributed by atoms with Gasteiger partial charge in [0, 0.05) is 38.6 Å². The number of carbonyl (C=O) groups excluding carboxylic acids is 2. The van der Waals surface area contributed by atoms with Crippen molar-refractivity contribution in [2.24, 2.45) is 0 Å². The number of carbonyl (C=O) groups is 2. The zero-order chi connectivity index (χ0) is 20.3. The molecule has 1 aliphatic heterocycles. The smallest absolute Gasteiger partial charge is 0.237 e. The van der Waals surface area contributed by atoms with Crippen molar-refractivity contribution in [1.82, 2.24) is 20.5 Å². The molecule has 152 valence electrons. The fourth-order valence-electron chi connectivity index (χ4n) is 3.40. The van der Waals surface area contributed by atoms with E-state index in [1.807, 2.05) is 60.8 Å². The Morgan fingerprint density at radius 2 is 2.10 bits per heavy atom. The van der Waals surface area contributed by atoms with Gasteiger partial charge >= 0.3 is 0 Å². The van der Waals surface area contributed by atoms with Gasteiger partial charge in [-0.25, -0.2) is 0 Å². The van der Waals surface area contributed by atoms with E-state index in [2.05, 4.69) is 20.5 Å². The van der Waals surface area contributed by atoms with E-state index in [9.17, 15) is 9.59 Å². The fourth-order valence-corrected chi connectivity index (χ4v) is 3.40. The first-order chi connectivity index (χ1) is 14.2. The van der Waals surface area contributed by atoms with Crippen molar-refractivity contribution in [2.75, 3.05) is 26.2 Å². The van der Waals surface area contributed by atoms with Gasteiger partial charge in [0.05, 0.1) is 12.5 Å². The Labute approximate surface area is 172 Å². The number of benzene rings is 1. The number of piperazine rings is 1. The molecule has 1 aliphatic rings. The van der Waals surface area contributed by atoms with E-state index in [0.29, 0.717) is 19.6 Å². The minimum atomic E-state index is -0.428. The first-order valence-electron chi connectivity index (χ1n) is 10.1. The van der Waals surface area contributed by atoms with Crippen LogP contribution >= 0.6 is 0 Å². The lowest BCUT2D eigenvalue weighted by Gasteiger charge is -2.33. The van der Waals surface area contributed by atoms with Gasteiger partial charge in [-0.05, 0) is 30.0 Å². The normalized spacial score (nSPS) is 17.2. The Morgan fingerprint density at radius 3 is 2.90 bits per heavy atom. The lowest BCUT2D eigenvalue weighted by Crippen LogP contribution is -2.56. The first kappa shape index (κ1) is 20.7. The monoisotopic (exact) mass is 392 g/mol. The third kappa shape index (κ3) is 6.84. The lowest BCUT2D eigenvalue weighted by molar-refractivity contribution is -0.133. The minimum absolute atomic E-state index is 0.0742. The number of nitrogens with zero attached hydrogens (tertiary/aromatic N) is 2. The summed E-state index contributed by atoms with van der Waals surface area (Å²) in [6.07, 6.45) is 9.58. The van der Waals surface area contributed by atoms with Gasteiger partial charge < -0.3 is 10.6 Å². The SMILES string of the molecule is O=C(CC1C(=O)NCCN1C/C=C/c1ccccc1)NCCCc1cccnc1. The summed E-state index contributed by atoms with van der Waals surface area (Å²) in [7, 11) is 0. The molecule has 6 heteroatoms. The quantitative estimate of drug-likeness (QED) is 0.641. The molecule has 1 aromatic heterocycles. The van der Waals surface area contributed by atoms with Crippen molar-refractivity contribution >= 4 is 17.9 Å². The number of pyridine rings is 1. The summed E-state index contributed by atoms with van der Waals surface area (Å²) in [4.78, 5) is 30.8. The van der Waals surface area contributed by atoms with E-state index in [-0.39, 0.29) is 18.2 Å². The maximum absolute atomic E-state index is 12.4. The molecule has 1 saturated heterocycles. The molecule has 3 rings (SSSR count). The van der Waals surface area contributed by atoms with Gasteiger partial charge in [0.25, 0.3) is 0 Å². The predicted octanol–water partition coefficient (Wildman–Crippen LogP) is 2.03. The molecule has 1 aromatic carbocycles. The van der Waals surface area contributed by atoms with Crippen LogP contribution in [-0.4, -0.2) is 53.9 Å². The molecule has 0 aliphatic carbocycles. The van der Waals surface area contributed by atoms with E-state index in [0.717, 1.165) is 30.5 Å².